The molecule has 1 aliphatic rings. The van der Waals surface area contributed by atoms with E-state index in [1.54, 1.807) is 4.90 Å². The number of rotatable bonds is 6. The Morgan fingerprint density at radius 3 is 2.76 bits per heavy atom. The number of likely N-dealkylation sites (tertiary alicyclic amines) is 1. The lowest BCUT2D eigenvalue weighted by atomic mass is 9.97. The van der Waals surface area contributed by atoms with Crippen molar-refractivity contribution in [3.8, 4) is 0 Å². The van der Waals surface area contributed by atoms with Gasteiger partial charge in [0.05, 0.1) is 10.8 Å². The van der Waals surface area contributed by atoms with E-state index in [4.69, 9.17) is 0 Å². The van der Waals surface area contributed by atoms with E-state index in [0.717, 1.165) is 24.1 Å². The molecule has 1 fully saturated rings. The maximum absolute atomic E-state index is 12.7. The summed E-state index contributed by atoms with van der Waals surface area (Å²) in [6.45, 7) is 5.22. The minimum absolute atomic E-state index is 0.00564. The first-order valence-corrected chi connectivity index (χ1v) is 10.8. The number of nitrogens with one attached hydrogen (secondary N) is 2. The number of thiophene rings is 1. The molecule has 29 heavy (non-hydrogen) atoms. The normalized spacial score (nSPS) is 16.5. The molecule has 1 aromatic heterocycles. The Morgan fingerprint density at radius 2 is 2.03 bits per heavy atom. The molecule has 6 nitrogen and oxygen atoms in total. The molecule has 0 aliphatic carbocycles. The molecule has 2 heterocycles. The van der Waals surface area contributed by atoms with Gasteiger partial charge in [-0.2, -0.15) is 0 Å². The molecule has 1 saturated heterocycles. The van der Waals surface area contributed by atoms with Crippen LogP contribution in [0.2, 0.25) is 0 Å². The molecule has 1 atom stereocenters. The molecule has 2 N–H and O–H groups in total. The third-order valence-electron chi connectivity index (χ3n) is 5.00. The van der Waals surface area contributed by atoms with E-state index in [2.05, 4.69) is 10.6 Å². The van der Waals surface area contributed by atoms with Crippen LogP contribution in [0.4, 0.5) is 5.69 Å². The third kappa shape index (κ3) is 5.67. The van der Waals surface area contributed by atoms with Gasteiger partial charge in [-0.3, -0.25) is 14.4 Å². The summed E-state index contributed by atoms with van der Waals surface area (Å²) in [5.41, 5.74) is 1.64. The van der Waals surface area contributed by atoms with Crippen LogP contribution in [0.3, 0.4) is 0 Å². The Morgan fingerprint density at radius 1 is 1.21 bits per heavy atom. The van der Waals surface area contributed by atoms with Gasteiger partial charge in [0.15, 0.2) is 0 Å². The SMILES string of the molecule is CC(C)C(=O)Nc1cccc(CNC(=O)C2CCCN(C(=O)c3cccs3)C2)c1. The molecule has 1 unspecified atom stereocenters. The number of amides is 3. The summed E-state index contributed by atoms with van der Waals surface area (Å²) in [5.74, 6) is -0.360. The topological polar surface area (TPSA) is 78.5 Å². The summed E-state index contributed by atoms with van der Waals surface area (Å²) in [4.78, 5) is 39.6. The van der Waals surface area contributed by atoms with E-state index < -0.39 is 0 Å². The van der Waals surface area contributed by atoms with Crippen molar-refractivity contribution < 1.29 is 14.4 Å². The van der Waals surface area contributed by atoms with Crippen molar-refractivity contribution in [1.82, 2.24) is 10.2 Å². The zero-order chi connectivity index (χ0) is 20.8. The van der Waals surface area contributed by atoms with Crippen molar-refractivity contribution in [2.24, 2.45) is 11.8 Å². The van der Waals surface area contributed by atoms with Crippen molar-refractivity contribution in [3.63, 3.8) is 0 Å². The minimum atomic E-state index is -0.198. The summed E-state index contributed by atoms with van der Waals surface area (Å²) in [7, 11) is 0. The average Bonchev–Trinajstić information content (AvgIpc) is 3.26. The molecule has 0 radical (unpaired) electrons. The van der Waals surface area contributed by atoms with Gasteiger partial charge < -0.3 is 15.5 Å². The van der Waals surface area contributed by atoms with Crippen LogP contribution < -0.4 is 10.6 Å². The maximum Gasteiger partial charge on any atom is 0.263 e. The van der Waals surface area contributed by atoms with Crippen molar-refractivity contribution in [2.75, 3.05) is 18.4 Å². The van der Waals surface area contributed by atoms with Crippen molar-refractivity contribution in [2.45, 2.75) is 33.2 Å². The van der Waals surface area contributed by atoms with E-state index in [9.17, 15) is 14.4 Å². The number of hydrogen-bond donors (Lipinski definition) is 2. The summed E-state index contributed by atoms with van der Waals surface area (Å²) in [6, 6.07) is 11.2. The fourth-order valence-corrected chi connectivity index (χ4v) is 4.00. The monoisotopic (exact) mass is 413 g/mol. The van der Waals surface area contributed by atoms with Crippen LogP contribution in [0, 0.1) is 11.8 Å². The van der Waals surface area contributed by atoms with Gasteiger partial charge in [-0.05, 0) is 42.0 Å². The highest BCUT2D eigenvalue weighted by atomic mass is 32.1. The van der Waals surface area contributed by atoms with Crippen LogP contribution in [-0.2, 0) is 16.1 Å². The Labute approximate surface area is 175 Å². The molecule has 0 bridgehead atoms. The second kappa shape index (κ2) is 9.69. The number of benzene rings is 1. The van der Waals surface area contributed by atoms with Crippen LogP contribution in [0.1, 0.15) is 41.9 Å². The molecule has 3 rings (SSSR count). The highest BCUT2D eigenvalue weighted by molar-refractivity contribution is 7.12. The molecule has 1 aliphatic heterocycles. The molecule has 0 saturated carbocycles. The second-order valence-corrected chi connectivity index (χ2v) is 8.58. The first-order chi connectivity index (χ1) is 13.9. The van der Waals surface area contributed by atoms with Gasteiger partial charge >= 0.3 is 0 Å². The highest BCUT2D eigenvalue weighted by Gasteiger charge is 2.29. The summed E-state index contributed by atoms with van der Waals surface area (Å²) < 4.78 is 0. The first-order valence-electron chi connectivity index (χ1n) is 9.94. The standard InChI is InChI=1S/C22H27N3O3S/c1-15(2)20(26)24-18-8-3-6-16(12-18)13-23-21(27)17-7-4-10-25(14-17)22(28)19-9-5-11-29-19/h3,5-6,8-9,11-12,15,17H,4,7,10,13-14H2,1-2H3,(H,23,27)(H,24,26). The number of hydrogen-bond acceptors (Lipinski definition) is 4. The van der Waals surface area contributed by atoms with E-state index in [1.165, 1.54) is 11.3 Å². The second-order valence-electron chi connectivity index (χ2n) is 7.63. The largest absolute Gasteiger partial charge is 0.352 e. The zero-order valence-electron chi connectivity index (χ0n) is 16.8. The predicted octanol–water partition coefficient (Wildman–Crippen LogP) is 3.51. The summed E-state index contributed by atoms with van der Waals surface area (Å²) in [6.07, 6.45) is 1.61. The number of piperidine rings is 1. The number of anilines is 1. The third-order valence-corrected chi connectivity index (χ3v) is 5.85. The molecule has 154 valence electrons. The first kappa shape index (κ1) is 21.0. The fourth-order valence-electron chi connectivity index (χ4n) is 3.31. The molecule has 7 heteroatoms. The molecule has 0 spiro atoms. The van der Waals surface area contributed by atoms with Crippen LogP contribution in [0.5, 0.6) is 0 Å². The van der Waals surface area contributed by atoms with Crippen molar-refractivity contribution in [1.29, 1.82) is 0 Å². The quantitative estimate of drug-likeness (QED) is 0.761. The Kier molecular flexibility index (Phi) is 7.04. The number of carbonyl (C=O) groups is 3. The molecular weight excluding hydrogens is 386 g/mol. The molecular formula is C22H27N3O3S. The van der Waals surface area contributed by atoms with Crippen LogP contribution in [0.15, 0.2) is 41.8 Å². The average molecular weight is 414 g/mol. The maximum atomic E-state index is 12.7. The van der Waals surface area contributed by atoms with E-state index in [-0.39, 0.29) is 29.6 Å². The predicted molar refractivity (Wildman–Crippen MR) is 115 cm³/mol. The fraction of sp³-hybridized carbons (Fsp3) is 0.409. The van der Waals surface area contributed by atoms with E-state index >= 15 is 0 Å². The Bertz CT molecular complexity index is 864. The lowest BCUT2D eigenvalue weighted by molar-refractivity contribution is -0.126. The lowest BCUT2D eigenvalue weighted by Crippen LogP contribution is -2.45. The zero-order valence-corrected chi connectivity index (χ0v) is 17.6. The van der Waals surface area contributed by atoms with Crippen molar-refractivity contribution in [3.05, 3.63) is 52.2 Å². The molecule has 1 aromatic carbocycles. The Hall–Kier alpha value is -2.67. The van der Waals surface area contributed by atoms with E-state index in [0.29, 0.717) is 24.5 Å². The van der Waals surface area contributed by atoms with Gasteiger partial charge in [0.1, 0.15) is 0 Å². The van der Waals surface area contributed by atoms with Crippen LogP contribution in [0.25, 0.3) is 0 Å². The minimum Gasteiger partial charge on any atom is -0.352 e. The van der Waals surface area contributed by atoms with Gasteiger partial charge in [-0.15, -0.1) is 11.3 Å². The van der Waals surface area contributed by atoms with Gasteiger partial charge in [-0.1, -0.05) is 32.0 Å². The van der Waals surface area contributed by atoms with Gasteiger partial charge in [-0.25, -0.2) is 0 Å². The summed E-state index contributed by atoms with van der Waals surface area (Å²) in [5, 5.41) is 7.74. The van der Waals surface area contributed by atoms with Gasteiger partial charge in [0, 0.05) is 31.2 Å². The summed E-state index contributed by atoms with van der Waals surface area (Å²) >= 11 is 1.43. The van der Waals surface area contributed by atoms with Gasteiger partial charge in [0.2, 0.25) is 11.8 Å². The smallest absolute Gasteiger partial charge is 0.263 e. The van der Waals surface area contributed by atoms with Crippen molar-refractivity contribution >= 4 is 34.7 Å². The van der Waals surface area contributed by atoms with Gasteiger partial charge in [0.25, 0.3) is 5.91 Å². The van der Waals surface area contributed by atoms with Crippen LogP contribution in [-0.4, -0.2) is 35.7 Å². The number of nitrogens with zero attached hydrogens (tertiary/aromatic N) is 1. The molecule has 2 aromatic rings. The highest BCUT2D eigenvalue weighted by Crippen LogP contribution is 2.21. The number of carbonyl (C=O) groups excluding carboxylic acids is 3. The van der Waals surface area contributed by atoms with Crippen LogP contribution >= 0.6 is 11.3 Å². The molecule has 3 amide bonds. The Balaban J connectivity index is 1.54. The lowest BCUT2D eigenvalue weighted by Gasteiger charge is -2.31. The van der Waals surface area contributed by atoms with E-state index in [1.807, 2.05) is 55.6 Å².